The first-order valence-electron chi connectivity index (χ1n) is 6.12. The maximum Gasteiger partial charge on any atom is 0.161 e. The lowest BCUT2D eigenvalue weighted by Crippen LogP contribution is -2.11. The zero-order valence-corrected chi connectivity index (χ0v) is 12.0. The van der Waals surface area contributed by atoms with E-state index in [0.717, 1.165) is 35.9 Å². The molecule has 4 nitrogen and oxygen atoms in total. The second-order valence-corrected chi connectivity index (χ2v) is 5.17. The van der Waals surface area contributed by atoms with Gasteiger partial charge in [-0.2, -0.15) is 5.10 Å². The van der Waals surface area contributed by atoms with E-state index >= 15 is 0 Å². The smallest absolute Gasteiger partial charge is 0.161 e. The molecule has 0 saturated heterocycles. The normalized spacial score (nSPS) is 15.9. The molecule has 1 aromatic carbocycles. The predicted octanol–water partition coefficient (Wildman–Crippen LogP) is 2.46. The summed E-state index contributed by atoms with van der Waals surface area (Å²) in [5.74, 6) is 1.75. The highest BCUT2D eigenvalue weighted by Gasteiger charge is 2.49. The van der Waals surface area contributed by atoms with Gasteiger partial charge < -0.3 is 5.73 Å². The molecule has 1 fully saturated rings. The van der Waals surface area contributed by atoms with Crippen LogP contribution in [0.4, 0.5) is 0 Å². The van der Waals surface area contributed by atoms with Crippen LogP contribution in [0.25, 0.3) is 0 Å². The second kappa shape index (κ2) is 5.49. The van der Waals surface area contributed by atoms with Crippen molar-refractivity contribution in [2.45, 2.75) is 24.7 Å². The van der Waals surface area contributed by atoms with Crippen molar-refractivity contribution in [3.05, 3.63) is 46.5 Å². The number of aromatic nitrogens is 3. The molecule has 0 atom stereocenters. The molecule has 0 spiro atoms. The minimum atomic E-state index is -0.00601. The third-order valence-electron chi connectivity index (χ3n) is 3.49. The summed E-state index contributed by atoms with van der Waals surface area (Å²) >= 11 is 5.92. The highest BCUT2D eigenvalue weighted by atomic mass is 35.5. The molecule has 0 bridgehead atoms. The van der Waals surface area contributed by atoms with Crippen LogP contribution in [0.2, 0.25) is 5.02 Å². The van der Waals surface area contributed by atoms with Gasteiger partial charge in [0.1, 0.15) is 5.82 Å². The van der Waals surface area contributed by atoms with Crippen molar-refractivity contribution < 1.29 is 0 Å². The van der Waals surface area contributed by atoms with Crippen molar-refractivity contribution in [3.8, 4) is 0 Å². The van der Waals surface area contributed by atoms with Gasteiger partial charge in [0.15, 0.2) is 5.82 Å². The van der Waals surface area contributed by atoms with Gasteiger partial charge in [-0.05, 0) is 37.1 Å². The first-order valence-corrected chi connectivity index (χ1v) is 6.50. The van der Waals surface area contributed by atoms with Crippen LogP contribution in [0.3, 0.4) is 0 Å². The fraction of sp³-hybridized carbons (Fsp3) is 0.385. The third kappa shape index (κ3) is 2.61. The minimum absolute atomic E-state index is 0. The molecule has 0 amide bonds. The van der Waals surface area contributed by atoms with E-state index in [9.17, 15) is 0 Å². The van der Waals surface area contributed by atoms with Crippen LogP contribution in [0, 0.1) is 0 Å². The Labute approximate surface area is 123 Å². The molecule has 1 heterocycles. The number of nitrogens with zero attached hydrogens (tertiary/aromatic N) is 2. The van der Waals surface area contributed by atoms with E-state index in [1.165, 1.54) is 5.56 Å². The number of H-pyrrole nitrogens is 1. The van der Waals surface area contributed by atoms with Crippen molar-refractivity contribution in [3.63, 3.8) is 0 Å². The third-order valence-corrected chi connectivity index (χ3v) is 3.74. The zero-order valence-electron chi connectivity index (χ0n) is 10.4. The molecule has 1 aliphatic rings. The summed E-state index contributed by atoms with van der Waals surface area (Å²) in [5, 5.41) is 8.07. The fourth-order valence-electron chi connectivity index (χ4n) is 2.29. The molecule has 102 valence electrons. The fourth-order valence-corrected chi connectivity index (χ4v) is 2.42. The number of rotatable bonds is 4. The molecule has 3 N–H and O–H groups in total. The van der Waals surface area contributed by atoms with Crippen LogP contribution in [0.5, 0.6) is 0 Å². The lowest BCUT2D eigenvalue weighted by atomic mass is 9.95. The minimum Gasteiger partial charge on any atom is -0.330 e. The highest BCUT2D eigenvalue weighted by Crippen LogP contribution is 2.52. The standard InChI is InChI=1S/C13H15ClN4.ClH/c14-10-3-1-9(2-4-10)13(6-7-13)12-16-11(5-8-15)17-18-12;/h1-4H,5-8,15H2,(H,16,17,18);1H. The van der Waals surface area contributed by atoms with E-state index < -0.39 is 0 Å². The molecule has 0 radical (unpaired) electrons. The average molecular weight is 299 g/mol. The van der Waals surface area contributed by atoms with Crippen molar-refractivity contribution in [1.82, 2.24) is 15.2 Å². The summed E-state index contributed by atoms with van der Waals surface area (Å²) in [6.07, 6.45) is 2.92. The van der Waals surface area contributed by atoms with Crippen LogP contribution >= 0.6 is 24.0 Å². The first-order chi connectivity index (χ1) is 8.74. The summed E-state index contributed by atoms with van der Waals surface area (Å²) in [4.78, 5) is 4.55. The Morgan fingerprint density at radius 2 is 1.95 bits per heavy atom. The molecular weight excluding hydrogens is 283 g/mol. The molecule has 0 unspecified atom stereocenters. The van der Waals surface area contributed by atoms with Crippen LogP contribution in [-0.4, -0.2) is 21.7 Å². The van der Waals surface area contributed by atoms with Gasteiger partial charge in [-0.15, -0.1) is 12.4 Å². The number of hydrogen-bond donors (Lipinski definition) is 2. The average Bonchev–Trinajstić information content (AvgIpc) is 3.05. The van der Waals surface area contributed by atoms with Crippen molar-refractivity contribution >= 4 is 24.0 Å². The summed E-state index contributed by atoms with van der Waals surface area (Å²) in [6, 6.07) is 7.97. The highest BCUT2D eigenvalue weighted by molar-refractivity contribution is 6.30. The summed E-state index contributed by atoms with van der Waals surface area (Å²) in [6.45, 7) is 0.586. The van der Waals surface area contributed by atoms with E-state index in [2.05, 4.69) is 27.3 Å². The lowest BCUT2D eigenvalue weighted by molar-refractivity contribution is 0.760. The Balaban J connectivity index is 0.00000133. The maximum atomic E-state index is 5.92. The summed E-state index contributed by atoms with van der Waals surface area (Å²) < 4.78 is 0. The van der Waals surface area contributed by atoms with Gasteiger partial charge in [-0.3, -0.25) is 5.10 Å². The predicted molar refractivity (Wildman–Crippen MR) is 77.9 cm³/mol. The summed E-state index contributed by atoms with van der Waals surface area (Å²) in [5.41, 5.74) is 6.75. The van der Waals surface area contributed by atoms with E-state index in [0.29, 0.717) is 6.54 Å². The Morgan fingerprint density at radius 1 is 1.26 bits per heavy atom. The Hall–Kier alpha value is -1.10. The number of halogens is 2. The maximum absolute atomic E-state index is 5.92. The molecule has 3 rings (SSSR count). The molecule has 1 aromatic heterocycles. The van der Waals surface area contributed by atoms with Gasteiger partial charge in [-0.25, -0.2) is 4.98 Å². The van der Waals surface area contributed by atoms with E-state index in [4.69, 9.17) is 17.3 Å². The number of aromatic amines is 1. The molecule has 0 aliphatic heterocycles. The Morgan fingerprint density at radius 3 is 2.53 bits per heavy atom. The van der Waals surface area contributed by atoms with Gasteiger partial charge in [-0.1, -0.05) is 23.7 Å². The first kappa shape index (κ1) is 14.3. The quantitative estimate of drug-likeness (QED) is 0.911. The number of hydrogen-bond acceptors (Lipinski definition) is 3. The molecular formula is C13H16Cl2N4. The molecule has 1 aliphatic carbocycles. The van der Waals surface area contributed by atoms with E-state index in [-0.39, 0.29) is 17.8 Å². The van der Waals surface area contributed by atoms with Crippen LogP contribution < -0.4 is 5.73 Å². The summed E-state index contributed by atoms with van der Waals surface area (Å²) in [7, 11) is 0. The van der Waals surface area contributed by atoms with E-state index in [1.54, 1.807) is 0 Å². The second-order valence-electron chi connectivity index (χ2n) is 4.73. The van der Waals surface area contributed by atoms with Crippen molar-refractivity contribution in [1.29, 1.82) is 0 Å². The Bertz CT molecular complexity index is 546. The van der Waals surface area contributed by atoms with Crippen LogP contribution in [0.1, 0.15) is 30.1 Å². The SMILES string of the molecule is Cl.NCCc1nc(C2(c3ccc(Cl)cc3)CC2)n[nH]1. The zero-order chi connectivity index (χ0) is 12.6. The van der Waals surface area contributed by atoms with Crippen LogP contribution in [0.15, 0.2) is 24.3 Å². The largest absolute Gasteiger partial charge is 0.330 e. The lowest BCUT2D eigenvalue weighted by Gasteiger charge is -2.11. The van der Waals surface area contributed by atoms with Gasteiger partial charge in [0, 0.05) is 11.4 Å². The number of nitrogens with two attached hydrogens (primary N) is 1. The van der Waals surface area contributed by atoms with Gasteiger partial charge in [0.2, 0.25) is 0 Å². The van der Waals surface area contributed by atoms with Gasteiger partial charge in [0.25, 0.3) is 0 Å². The van der Waals surface area contributed by atoms with Crippen molar-refractivity contribution in [2.75, 3.05) is 6.54 Å². The van der Waals surface area contributed by atoms with E-state index in [1.807, 2.05) is 12.1 Å². The van der Waals surface area contributed by atoms with Gasteiger partial charge in [0.05, 0.1) is 5.41 Å². The molecule has 2 aromatic rings. The Kier molecular flexibility index (Phi) is 4.13. The molecule has 1 saturated carbocycles. The number of benzene rings is 1. The van der Waals surface area contributed by atoms with Gasteiger partial charge >= 0.3 is 0 Å². The monoisotopic (exact) mass is 298 g/mol. The van der Waals surface area contributed by atoms with Crippen LogP contribution in [-0.2, 0) is 11.8 Å². The molecule has 6 heteroatoms. The van der Waals surface area contributed by atoms with Crippen molar-refractivity contribution in [2.24, 2.45) is 5.73 Å². The molecule has 19 heavy (non-hydrogen) atoms. The topological polar surface area (TPSA) is 67.6 Å². The number of nitrogens with one attached hydrogen (secondary N) is 1.